The zero-order valence-corrected chi connectivity index (χ0v) is 8.49. The molecule has 1 N–H and O–H groups in total. The molecule has 0 fully saturated rings. The molecule has 0 amide bonds. The summed E-state index contributed by atoms with van der Waals surface area (Å²) in [5, 5.41) is 10.4. The first-order valence-electron chi connectivity index (χ1n) is 4.23. The summed E-state index contributed by atoms with van der Waals surface area (Å²) in [6, 6.07) is 7.93. The van der Waals surface area contributed by atoms with Gasteiger partial charge in [0.25, 0.3) is 0 Å². The van der Waals surface area contributed by atoms with E-state index >= 15 is 0 Å². The Kier molecular flexibility index (Phi) is 2.45. The molecule has 0 aliphatic heterocycles. The van der Waals surface area contributed by atoms with Gasteiger partial charge in [-0.25, -0.2) is 0 Å². The van der Waals surface area contributed by atoms with E-state index in [9.17, 15) is 0 Å². The van der Waals surface area contributed by atoms with Crippen LogP contribution in [0.1, 0.15) is 5.56 Å². The highest BCUT2D eigenvalue weighted by Crippen LogP contribution is 2.13. The topological polar surface area (TPSA) is 45.5 Å². The number of halogens is 1. The van der Waals surface area contributed by atoms with Crippen LogP contribution in [-0.2, 0) is 12.9 Å². The number of benzene rings is 1. The molecule has 14 heavy (non-hydrogen) atoms. The molecule has 0 saturated heterocycles. The maximum atomic E-state index is 5.70. The first-order valence-corrected chi connectivity index (χ1v) is 4.77. The molecule has 0 aliphatic rings. The Balaban J connectivity index is 2.39. The van der Waals surface area contributed by atoms with E-state index < -0.39 is 0 Å². The van der Waals surface area contributed by atoms with Crippen molar-refractivity contribution in [3.8, 4) is 11.4 Å². The Morgan fingerprint density at radius 1 is 1.36 bits per heavy atom. The highest BCUT2D eigenvalue weighted by molar-refractivity contribution is 6.17. The molecule has 4 nitrogen and oxygen atoms in total. The van der Waals surface area contributed by atoms with Gasteiger partial charge in [0.1, 0.15) is 5.10 Å². The predicted molar refractivity (Wildman–Crippen MR) is 52.6 cm³/mol. The minimum atomic E-state index is 0.533. The van der Waals surface area contributed by atoms with Gasteiger partial charge >= 0.3 is 5.82 Å². The van der Waals surface area contributed by atoms with Crippen LogP contribution < -0.4 is 4.68 Å². The van der Waals surface area contributed by atoms with E-state index in [4.69, 9.17) is 11.6 Å². The Bertz CT molecular complexity index is 421. The van der Waals surface area contributed by atoms with E-state index in [0.717, 1.165) is 17.0 Å². The second-order valence-corrected chi connectivity index (χ2v) is 3.28. The summed E-state index contributed by atoms with van der Waals surface area (Å²) in [6.45, 7) is 0. The van der Waals surface area contributed by atoms with Gasteiger partial charge in [-0.2, -0.15) is 4.68 Å². The number of H-pyrrole nitrogens is 1. The second kappa shape index (κ2) is 3.75. The molecular weight excluding hydrogens is 200 g/mol. The van der Waals surface area contributed by atoms with Crippen LogP contribution in [0.15, 0.2) is 24.3 Å². The predicted octanol–water partition coefficient (Wildman–Crippen LogP) is 1.03. The number of tetrazole rings is 1. The van der Waals surface area contributed by atoms with Crippen LogP contribution in [-0.4, -0.2) is 15.5 Å². The molecule has 0 unspecified atom stereocenters. The summed E-state index contributed by atoms with van der Waals surface area (Å²) >= 11 is 5.70. The first kappa shape index (κ1) is 9.15. The van der Waals surface area contributed by atoms with Crippen molar-refractivity contribution in [2.45, 2.75) is 5.88 Å². The summed E-state index contributed by atoms with van der Waals surface area (Å²) in [4.78, 5) is 0. The molecule has 1 heterocycles. The van der Waals surface area contributed by atoms with Crippen LogP contribution in [0.2, 0.25) is 0 Å². The highest BCUT2D eigenvalue weighted by Gasteiger charge is 2.12. The lowest BCUT2D eigenvalue weighted by atomic mass is 10.1. The SMILES string of the molecule is C[n+]1[nH]nnc1-c1ccc(CCl)cc1. The molecule has 1 aromatic carbocycles. The fourth-order valence-electron chi connectivity index (χ4n) is 1.25. The number of nitrogens with one attached hydrogen (secondary N) is 1. The summed E-state index contributed by atoms with van der Waals surface area (Å²) < 4.78 is 1.76. The minimum Gasteiger partial charge on any atom is -0.161 e. The molecule has 0 saturated carbocycles. The van der Waals surface area contributed by atoms with Gasteiger partial charge in [0.05, 0.1) is 12.6 Å². The van der Waals surface area contributed by atoms with Crippen LogP contribution in [0.3, 0.4) is 0 Å². The average Bonchev–Trinajstić information content (AvgIpc) is 2.65. The van der Waals surface area contributed by atoms with Crippen molar-refractivity contribution >= 4 is 11.6 Å². The molecule has 0 radical (unpaired) electrons. The molecule has 5 heteroatoms. The smallest absolute Gasteiger partial charge is 0.161 e. The fourth-order valence-corrected chi connectivity index (χ4v) is 1.42. The number of nitrogens with zero attached hydrogens (tertiary/aromatic N) is 3. The average molecular weight is 210 g/mol. The molecule has 1 aromatic heterocycles. The zero-order chi connectivity index (χ0) is 9.97. The van der Waals surface area contributed by atoms with E-state index in [0.29, 0.717) is 5.88 Å². The van der Waals surface area contributed by atoms with Gasteiger partial charge in [-0.1, -0.05) is 17.3 Å². The maximum absolute atomic E-state index is 5.70. The first-order chi connectivity index (χ1) is 6.81. The van der Waals surface area contributed by atoms with Gasteiger partial charge < -0.3 is 0 Å². The normalized spacial score (nSPS) is 10.4. The van der Waals surface area contributed by atoms with Crippen molar-refractivity contribution in [3.63, 3.8) is 0 Å². The second-order valence-electron chi connectivity index (χ2n) is 3.01. The number of hydrogen-bond donors (Lipinski definition) is 1. The van der Waals surface area contributed by atoms with Crippen LogP contribution in [0, 0.1) is 0 Å². The zero-order valence-electron chi connectivity index (χ0n) is 7.74. The van der Waals surface area contributed by atoms with Crippen LogP contribution >= 0.6 is 11.6 Å². The van der Waals surface area contributed by atoms with Crippen molar-refractivity contribution in [3.05, 3.63) is 29.8 Å². The molecule has 2 aromatic rings. The Labute approximate surface area is 86.5 Å². The van der Waals surface area contributed by atoms with Crippen molar-refractivity contribution in [1.29, 1.82) is 0 Å². The van der Waals surface area contributed by atoms with Gasteiger partial charge in [-0.05, 0) is 17.7 Å². The van der Waals surface area contributed by atoms with Gasteiger partial charge in [-0.15, -0.1) is 11.6 Å². The van der Waals surface area contributed by atoms with Crippen molar-refractivity contribution in [1.82, 2.24) is 15.5 Å². The lowest BCUT2D eigenvalue weighted by Crippen LogP contribution is -2.32. The number of aromatic nitrogens is 4. The largest absolute Gasteiger partial charge is 0.331 e. The van der Waals surface area contributed by atoms with E-state index in [2.05, 4.69) is 15.5 Å². The summed E-state index contributed by atoms with van der Waals surface area (Å²) in [7, 11) is 1.87. The van der Waals surface area contributed by atoms with Crippen LogP contribution in [0.4, 0.5) is 0 Å². The van der Waals surface area contributed by atoms with E-state index in [1.165, 1.54) is 0 Å². The van der Waals surface area contributed by atoms with E-state index in [1.54, 1.807) is 4.68 Å². The van der Waals surface area contributed by atoms with E-state index in [1.807, 2.05) is 31.3 Å². The van der Waals surface area contributed by atoms with Crippen molar-refractivity contribution in [2.24, 2.45) is 7.05 Å². The van der Waals surface area contributed by atoms with Gasteiger partial charge in [0.15, 0.2) is 5.21 Å². The molecule has 0 atom stereocenters. The molecule has 0 spiro atoms. The third-order valence-electron chi connectivity index (χ3n) is 2.02. The number of aryl methyl sites for hydroxylation is 1. The van der Waals surface area contributed by atoms with E-state index in [-0.39, 0.29) is 0 Å². The quantitative estimate of drug-likeness (QED) is 0.593. The molecule has 0 bridgehead atoms. The third kappa shape index (κ3) is 1.61. The van der Waals surface area contributed by atoms with Gasteiger partial charge in [-0.3, -0.25) is 0 Å². The molecule has 2 rings (SSSR count). The lowest BCUT2D eigenvalue weighted by Gasteiger charge is -1.95. The van der Waals surface area contributed by atoms with Crippen LogP contribution in [0.25, 0.3) is 11.4 Å². The lowest BCUT2D eigenvalue weighted by molar-refractivity contribution is -0.721. The summed E-state index contributed by atoms with van der Waals surface area (Å²) in [5.41, 5.74) is 2.12. The molecule has 0 aliphatic carbocycles. The van der Waals surface area contributed by atoms with Gasteiger partial charge in [0.2, 0.25) is 0 Å². The number of hydrogen-bond acceptors (Lipinski definition) is 2. The summed E-state index contributed by atoms with van der Waals surface area (Å²) in [6.07, 6.45) is 0. The van der Waals surface area contributed by atoms with Crippen LogP contribution in [0.5, 0.6) is 0 Å². The highest BCUT2D eigenvalue weighted by atomic mass is 35.5. The third-order valence-corrected chi connectivity index (χ3v) is 2.33. The summed E-state index contributed by atoms with van der Waals surface area (Å²) in [5.74, 6) is 1.34. The van der Waals surface area contributed by atoms with Crippen molar-refractivity contribution in [2.75, 3.05) is 0 Å². The molecular formula is C9H10ClN4+. The number of aromatic amines is 1. The Morgan fingerprint density at radius 3 is 2.57 bits per heavy atom. The number of rotatable bonds is 2. The fraction of sp³-hybridized carbons (Fsp3) is 0.222. The molecule has 72 valence electrons. The number of alkyl halides is 1. The van der Waals surface area contributed by atoms with Gasteiger partial charge in [0, 0.05) is 5.88 Å². The Hall–Kier alpha value is -1.42. The standard InChI is InChI=1S/C9H9ClN4/c1-14-9(11-12-13-14)8-4-2-7(6-10)3-5-8/h2-5H,6H2,1H3/p+1. The monoisotopic (exact) mass is 209 g/mol. The maximum Gasteiger partial charge on any atom is 0.331 e. The van der Waals surface area contributed by atoms with Crippen molar-refractivity contribution < 1.29 is 4.68 Å². The minimum absolute atomic E-state index is 0.533. The Morgan fingerprint density at radius 2 is 2.07 bits per heavy atom.